The monoisotopic (exact) mass is 697 g/mol. The van der Waals surface area contributed by atoms with Crippen molar-refractivity contribution in [3.63, 3.8) is 0 Å². The minimum absolute atomic E-state index is 0.526. The summed E-state index contributed by atoms with van der Waals surface area (Å²) in [7, 11) is 0. The van der Waals surface area contributed by atoms with Crippen molar-refractivity contribution in [2.75, 3.05) is 18.0 Å². The number of nitro benzene ring substituents is 1. The van der Waals surface area contributed by atoms with E-state index < -0.39 is 16.4 Å². The van der Waals surface area contributed by atoms with Crippen LogP contribution in [0.25, 0.3) is 24.3 Å². The first-order valence-electron chi connectivity index (χ1n) is 20.1. The maximum absolute atomic E-state index is 13.9. The van der Waals surface area contributed by atoms with Crippen molar-refractivity contribution in [3.8, 4) is 0 Å². The summed E-state index contributed by atoms with van der Waals surface area (Å²) in [5.41, 5.74) is 4.20. The summed E-state index contributed by atoms with van der Waals surface area (Å²) >= 11 is 0. The number of anilines is 1. The zero-order chi connectivity index (χ0) is 36.4. The van der Waals surface area contributed by atoms with Crippen molar-refractivity contribution in [2.24, 2.45) is 0 Å². The summed E-state index contributed by atoms with van der Waals surface area (Å²) in [6, 6.07) is 16.7. The molecule has 0 amide bonds. The van der Waals surface area contributed by atoms with Gasteiger partial charge in [0.2, 0.25) is 5.82 Å². The third-order valence-corrected chi connectivity index (χ3v) is 9.71. The number of hydrogen-bond donors (Lipinski definition) is 0. The SMILES string of the molecule is CCCCCCCCCCCCN(CCCCCCCCCCCC)c1ccc(/C=C/c2ccc(/C=C/c3ccc([N+](=O)[O-])c(F)c3)nc2)cc1. The van der Waals surface area contributed by atoms with E-state index in [-0.39, 0.29) is 0 Å². The minimum atomic E-state index is -0.848. The lowest BCUT2D eigenvalue weighted by Crippen LogP contribution is -2.25. The Balaban J connectivity index is 1.48. The highest BCUT2D eigenvalue weighted by atomic mass is 19.1. The van der Waals surface area contributed by atoms with Gasteiger partial charge in [-0.15, -0.1) is 0 Å². The first-order valence-corrected chi connectivity index (χ1v) is 20.1. The molecule has 6 heteroatoms. The summed E-state index contributed by atoms with van der Waals surface area (Å²) < 4.78 is 13.9. The van der Waals surface area contributed by atoms with Gasteiger partial charge in [0.25, 0.3) is 0 Å². The lowest BCUT2D eigenvalue weighted by molar-refractivity contribution is -0.387. The van der Waals surface area contributed by atoms with Gasteiger partial charge in [0.15, 0.2) is 0 Å². The number of aromatic nitrogens is 1. The highest BCUT2D eigenvalue weighted by molar-refractivity contribution is 5.72. The van der Waals surface area contributed by atoms with E-state index in [0.717, 1.165) is 36.0 Å². The molecule has 0 fully saturated rings. The zero-order valence-electron chi connectivity index (χ0n) is 31.7. The summed E-state index contributed by atoms with van der Waals surface area (Å²) in [5, 5.41) is 10.8. The molecule has 278 valence electrons. The molecule has 1 aromatic heterocycles. The van der Waals surface area contributed by atoms with E-state index in [1.165, 1.54) is 146 Å². The third-order valence-electron chi connectivity index (χ3n) is 9.71. The summed E-state index contributed by atoms with van der Waals surface area (Å²) in [6.45, 7) is 6.84. The van der Waals surface area contributed by atoms with Gasteiger partial charge < -0.3 is 4.90 Å². The molecule has 3 aromatic rings. The maximum Gasteiger partial charge on any atom is 0.304 e. The normalized spacial score (nSPS) is 11.6. The van der Waals surface area contributed by atoms with Crippen molar-refractivity contribution in [3.05, 3.63) is 99.1 Å². The zero-order valence-corrected chi connectivity index (χ0v) is 31.7. The molecule has 0 saturated heterocycles. The van der Waals surface area contributed by atoms with Gasteiger partial charge in [-0.1, -0.05) is 166 Å². The summed E-state index contributed by atoms with van der Waals surface area (Å²) in [6.07, 6.45) is 36.7. The number of pyridine rings is 1. The first kappa shape index (κ1) is 41.6. The Bertz CT molecular complexity index is 1390. The third kappa shape index (κ3) is 17.8. The van der Waals surface area contributed by atoms with E-state index in [1.54, 1.807) is 12.2 Å². The van der Waals surface area contributed by atoms with Crippen LogP contribution in [-0.2, 0) is 0 Å². The van der Waals surface area contributed by atoms with Gasteiger partial charge in [-0.05, 0) is 65.9 Å². The van der Waals surface area contributed by atoms with Crippen LogP contribution in [0.2, 0.25) is 0 Å². The van der Waals surface area contributed by atoms with Gasteiger partial charge in [-0.2, -0.15) is 4.39 Å². The van der Waals surface area contributed by atoms with Crippen LogP contribution in [0.5, 0.6) is 0 Å². The Morgan fingerprint density at radius 2 is 1.04 bits per heavy atom. The van der Waals surface area contributed by atoms with Gasteiger partial charge in [-0.3, -0.25) is 15.1 Å². The van der Waals surface area contributed by atoms with Crippen LogP contribution in [0.1, 0.15) is 165 Å². The van der Waals surface area contributed by atoms with E-state index in [9.17, 15) is 14.5 Å². The number of halogens is 1. The molecule has 0 unspecified atom stereocenters. The largest absolute Gasteiger partial charge is 0.372 e. The van der Waals surface area contributed by atoms with E-state index in [4.69, 9.17) is 0 Å². The smallest absolute Gasteiger partial charge is 0.304 e. The number of hydrogen-bond acceptors (Lipinski definition) is 4. The number of rotatable bonds is 28. The molecule has 0 saturated carbocycles. The average Bonchev–Trinajstić information content (AvgIpc) is 3.14. The van der Waals surface area contributed by atoms with Crippen LogP contribution in [-0.4, -0.2) is 23.0 Å². The van der Waals surface area contributed by atoms with Gasteiger partial charge in [0.1, 0.15) is 0 Å². The Hall–Kier alpha value is -3.80. The summed E-state index contributed by atoms with van der Waals surface area (Å²) in [5.74, 6) is -0.848. The number of nitrogens with zero attached hydrogens (tertiary/aromatic N) is 3. The van der Waals surface area contributed by atoms with E-state index in [2.05, 4.69) is 60.1 Å². The van der Waals surface area contributed by atoms with Crippen LogP contribution < -0.4 is 4.90 Å². The first-order chi connectivity index (χ1) is 25.0. The van der Waals surface area contributed by atoms with E-state index in [1.807, 2.05) is 18.3 Å². The van der Waals surface area contributed by atoms with Gasteiger partial charge >= 0.3 is 5.69 Å². The number of nitro groups is 1. The van der Waals surface area contributed by atoms with Crippen LogP contribution in [0, 0.1) is 15.9 Å². The van der Waals surface area contributed by atoms with Crippen molar-refractivity contribution < 1.29 is 9.31 Å². The highest BCUT2D eigenvalue weighted by Crippen LogP contribution is 2.22. The summed E-state index contributed by atoms with van der Waals surface area (Å²) in [4.78, 5) is 17.2. The lowest BCUT2D eigenvalue weighted by Gasteiger charge is -2.25. The predicted molar refractivity (Wildman–Crippen MR) is 217 cm³/mol. The van der Waals surface area contributed by atoms with Crippen molar-refractivity contribution in [1.82, 2.24) is 4.98 Å². The molecule has 2 aromatic carbocycles. The minimum Gasteiger partial charge on any atom is -0.372 e. The Morgan fingerprint density at radius 1 is 0.588 bits per heavy atom. The average molecular weight is 698 g/mol. The molecular formula is C45H64FN3O2. The van der Waals surface area contributed by atoms with Crippen LogP contribution in [0.4, 0.5) is 15.8 Å². The van der Waals surface area contributed by atoms with Gasteiger partial charge in [0.05, 0.1) is 10.6 Å². The molecule has 51 heavy (non-hydrogen) atoms. The Kier molecular flexibility index (Phi) is 21.3. The van der Waals surface area contributed by atoms with Crippen LogP contribution in [0.15, 0.2) is 60.8 Å². The Labute approximate surface area is 308 Å². The standard InChI is InChI=1S/C45H64FN3O2/c1-3-5-7-9-11-13-15-17-19-21-35-48(36-22-20-18-16-14-12-10-8-6-4-2)43-32-27-39(28-33-43)23-24-41-26-31-42(47-38-41)30-25-40-29-34-45(49(50)51)44(46)37-40/h23-34,37-38H,3-22,35-36H2,1-2H3/b24-23+,30-25+. The topological polar surface area (TPSA) is 59.3 Å². The molecule has 3 rings (SSSR count). The van der Waals surface area contributed by atoms with Gasteiger partial charge in [0, 0.05) is 31.0 Å². The second-order valence-corrected chi connectivity index (χ2v) is 14.1. The van der Waals surface area contributed by atoms with Crippen LogP contribution >= 0.6 is 0 Å². The predicted octanol–water partition coefficient (Wildman–Crippen LogP) is 14.1. The second-order valence-electron chi connectivity index (χ2n) is 14.1. The molecule has 0 aliphatic rings. The molecule has 0 bridgehead atoms. The molecule has 0 aliphatic heterocycles. The van der Waals surface area contributed by atoms with Crippen LogP contribution in [0.3, 0.4) is 0 Å². The molecule has 0 aliphatic carbocycles. The van der Waals surface area contributed by atoms with Crippen molar-refractivity contribution in [1.29, 1.82) is 0 Å². The molecule has 0 N–H and O–H groups in total. The van der Waals surface area contributed by atoms with Crippen molar-refractivity contribution in [2.45, 2.75) is 142 Å². The molecular weight excluding hydrogens is 634 g/mol. The highest BCUT2D eigenvalue weighted by Gasteiger charge is 2.13. The fourth-order valence-corrected chi connectivity index (χ4v) is 6.51. The fraction of sp³-hybridized carbons (Fsp3) is 0.533. The number of unbranched alkanes of at least 4 members (excludes halogenated alkanes) is 18. The molecule has 0 radical (unpaired) electrons. The lowest BCUT2D eigenvalue weighted by atomic mass is 10.1. The van der Waals surface area contributed by atoms with E-state index in [0.29, 0.717) is 5.56 Å². The van der Waals surface area contributed by atoms with E-state index >= 15 is 0 Å². The number of benzene rings is 2. The van der Waals surface area contributed by atoms with Crippen molar-refractivity contribution >= 4 is 35.7 Å². The fourth-order valence-electron chi connectivity index (χ4n) is 6.51. The Morgan fingerprint density at radius 3 is 1.51 bits per heavy atom. The maximum atomic E-state index is 13.9. The molecule has 1 heterocycles. The quantitative estimate of drug-likeness (QED) is 0.0430. The van der Waals surface area contributed by atoms with Gasteiger partial charge in [-0.25, -0.2) is 0 Å². The molecule has 0 spiro atoms. The molecule has 0 atom stereocenters. The second kappa shape index (κ2) is 26.0. The molecule has 5 nitrogen and oxygen atoms in total.